The summed E-state index contributed by atoms with van der Waals surface area (Å²) >= 11 is 0. The Bertz CT molecular complexity index is 1070. The maximum Gasteiger partial charge on any atom is 0.307 e. The number of esters is 1. The van der Waals surface area contributed by atoms with Crippen LogP contribution in [0.4, 0.5) is 0 Å². The third kappa shape index (κ3) is 5.80. The van der Waals surface area contributed by atoms with Gasteiger partial charge in [0.05, 0.1) is 19.6 Å². The first-order chi connectivity index (χ1) is 16.2. The quantitative estimate of drug-likeness (QED) is 0.459. The summed E-state index contributed by atoms with van der Waals surface area (Å²) < 4.78 is 5.63. The molecule has 2 N–H and O–H groups in total. The summed E-state index contributed by atoms with van der Waals surface area (Å²) in [4.78, 5) is 14.2. The smallest absolute Gasteiger partial charge is 0.307 e. The lowest BCUT2D eigenvalue weighted by atomic mass is 9.77. The molecule has 1 aliphatic rings. The van der Waals surface area contributed by atoms with E-state index in [-0.39, 0.29) is 32.2 Å². The average Bonchev–Trinajstić information content (AvgIpc) is 2.85. The highest BCUT2D eigenvalue weighted by atomic mass is 16.5. The van der Waals surface area contributed by atoms with E-state index in [0.29, 0.717) is 25.6 Å². The second-order valence-corrected chi connectivity index (χ2v) is 8.74. The number of aryl methyl sites for hydroxylation is 1. The van der Waals surface area contributed by atoms with Gasteiger partial charge in [0.15, 0.2) is 0 Å². The zero-order valence-electron chi connectivity index (χ0n) is 19.1. The maximum atomic E-state index is 12.4. The van der Waals surface area contributed by atoms with Crippen molar-refractivity contribution in [3.05, 3.63) is 82.9 Å². The summed E-state index contributed by atoms with van der Waals surface area (Å²) in [5.41, 5.74) is 5.11. The second-order valence-electron chi connectivity index (χ2n) is 8.74. The molecule has 1 unspecified atom stereocenters. The molecule has 0 aromatic heterocycles. The molecule has 0 amide bonds. The Morgan fingerprint density at radius 1 is 0.909 bits per heavy atom. The number of carbonyl (C=O) groups is 1. The summed E-state index contributed by atoms with van der Waals surface area (Å²) in [6.45, 7) is 1.60. The topological polar surface area (TPSA) is 70.0 Å². The maximum absolute atomic E-state index is 12.4. The Kier molecular flexibility index (Phi) is 8.10. The summed E-state index contributed by atoms with van der Waals surface area (Å²) in [5.74, 6) is 0.0404. The van der Waals surface area contributed by atoms with Gasteiger partial charge in [-0.05, 0) is 52.3 Å². The number of hydrogen-bond donors (Lipinski definition) is 2. The van der Waals surface area contributed by atoms with Crippen LogP contribution in [0.3, 0.4) is 0 Å². The molecule has 1 atom stereocenters. The monoisotopic (exact) mass is 447 g/mol. The third-order valence-corrected chi connectivity index (χ3v) is 6.61. The molecule has 1 aliphatic carbocycles. The summed E-state index contributed by atoms with van der Waals surface area (Å²) in [6.07, 6.45) is 3.58. The average molecular weight is 448 g/mol. The fraction of sp³-hybridized carbons (Fsp3) is 0.393. The van der Waals surface area contributed by atoms with Gasteiger partial charge in [0, 0.05) is 25.6 Å². The lowest BCUT2D eigenvalue weighted by molar-refractivity contribution is -0.145. The molecule has 33 heavy (non-hydrogen) atoms. The minimum absolute atomic E-state index is 0.000567. The van der Waals surface area contributed by atoms with Crippen LogP contribution >= 0.6 is 0 Å². The van der Waals surface area contributed by atoms with Gasteiger partial charge < -0.3 is 14.9 Å². The number of aliphatic hydroxyl groups is 2. The standard InChI is InChI=1S/C28H33NO4/c30-16-14-29(15-17-31)13-12-28(32)33-20-24-8-3-4-10-25(24)26-11-5-9-23-18-21-6-1-2-7-22(21)19-27(23)26/h1-4,6-8,10,18-19,26,30-31H,5,9,11-17,20H2. The van der Waals surface area contributed by atoms with Gasteiger partial charge >= 0.3 is 5.97 Å². The van der Waals surface area contributed by atoms with Gasteiger partial charge in [0.25, 0.3) is 0 Å². The normalized spacial score (nSPS) is 15.5. The molecule has 4 rings (SSSR count). The molecule has 0 fully saturated rings. The highest BCUT2D eigenvalue weighted by molar-refractivity contribution is 5.84. The van der Waals surface area contributed by atoms with Crippen LogP contribution in [-0.4, -0.2) is 53.9 Å². The summed E-state index contributed by atoms with van der Waals surface area (Å²) in [6, 6.07) is 21.5. The molecule has 0 saturated carbocycles. The highest BCUT2D eigenvalue weighted by Crippen LogP contribution is 2.40. The first kappa shape index (κ1) is 23.4. The van der Waals surface area contributed by atoms with E-state index in [9.17, 15) is 4.79 Å². The Hall–Kier alpha value is -2.73. The number of fused-ring (bicyclic) bond motifs is 2. The number of aliphatic hydroxyl groups excluding tert-OH is 2. The van der Waals surface area contributed by atoms with E-state index in [1.807, 2.05) is 11.0 Å². The van der Waals surface area contributed by atoms with Gasteiger partial charge in [0.1, 0.15) is 6.61 Å². The number of nitrogens with zero attached hydrogens (tertiary/aromatic N) is 1. The van der Waals surface area contributed by atoms with Gasteiger partial charge in [0.2, 0.25) is 0 Å². The van der Waals surface area contributed by atoms with Crippen LogP contribution in [0, 0.1) is 0 Å². The Labute approximate surface area is 195 Å². The molecular formula is C28H33NO4. The molecule has 0 saturated heterocycles. The van der Waals surface area contributed by atoms with Crippen molar-refractivity contribution in [1.29, 1.82) is 0 Å². The molecule has 3 aromatic rings. The largest absolute Gasteiger partial charge is 0.461 e. The van der Waals surface area contributed by atoms with E-state index >= 15 is 0 Å². The lowest BCUT2D eigenvalue weighted by Gasteiger charge is -2.28. The van der Waals surface area contributed by atoms with E-state index in [2.05, 4.69) is 54.6 Å². The summed E-state index contributed by atoms with van der Waals surface area (Å²) in [7, 11) is 0. The first-order valence-electron chi connectivity index (χ1n) is 11.9. The van der Waals surface area contributed by atoms with Crippen molar-refractivity contribution in [3.63, 3.8) is 0 Å². The number of ether oxygens (including phenoxy) is 1. The van der Waals surface area contributed by atoms with Crippen LogP contribution in [-0.2, 0) is 22.6 Å². The van der Waals surface area contributed by atoms with E-state index in [1.54, 1.807) is 0 Å². The molecular weight excluding hydrogens is 414 g/mol. The van der Waals surface area contributed by atoms with Gasteiger partial charge in [-0.25, -0.2) is 0 Å². The van der Waals surface area contributed by atoms with Gasteiger partial charge in [-0.15, -0.1) is 0 Å². The van der Waals surface area contributed by atoms with Crippen molar-refractivity contribution < 1.29 is 19.7 Å². The van der Waals surface area contributed by atoms with Crippen LogP contribution in [0.5, 0.6) is 0 Å². The lowest BCUT2D eigenvalue weighted by Crippen LogP contribution is -2.32. The van der Waals surface area contributed by atoms with Gasteiger partial charge in [-0.3, -0.25) is 9.69 Å². The van der Waals surface area contributed by atoms with E-state index < -0.39 is 0 Å². The number of carbonyl (C=O) groups excluding carboxylic acids is 1. The fourth-order valence-corrected chi connectivity index (χ4v) is 4.92. The van der Waals surface area contributed by atoms with Crippen LogP contribution in [0.1, 0.15) is 47.4 Å². The molecule has 0 aliphatic heterocycles. The molecule has 5 nitrogen and oxygen atoms in total. The second kappa shape index (κ2) is 11.4. The molecule has 0 radical (unpaired) electrons. The number of rotatable bonds is 10. The highest BCUT2D eigenvalue weighted by Gasteiger charge is 2.24. The van der Waals surface area contributed by atoms with Crippen LogP contribution < -0.4 is 0 Å². The first-order valence-corrected chi connectivity index (χ1v) is 11.9. The number of hydrogen-bond acceptors (Lipinski definition) is 5. The molecule has 0 heterocycles. The summed E-state index contributed by atoms with van der Waals surface area (Å²) in [5, 5.41) is 20.8. The van der Waals surface area contributed by atoms with Crippen LogP contribution in [0.2, 0.25) is 0 Å². The Morgan fingerprint density at radius 3 is 2.36 bits per heavy atom. The Morgan fingerprint density at radius 2 is 1.61 bits per heavy atom. The SMILES string of the molecule is O=C(CCN(CCO)CCO)OCc1ccccc1C1CCCc2cc3ccccc3cc21. The Balaban J connectivity index is 1.47. The zero-order chi connectivity index (χ0) is 23.0. The van der Waals surface area contributed by atoms with Crippen molar-refractivity contribution in [2.45, 2.75) is 38.2 Å². The van der Waals surface area contributed by atoms with Crippen LogP contribution in [0.25, 0.3) is 10.8 Å². The molecule has 3 aromatic carbocycles. The van der Waals surface area contributed by atoms with Crippen molar-refractivity contribution >= 4 is 16.7 Å². The minimum atomic E-state index is -0.263. The van der Waals surface area contributed by atoms with Gasteiger partial charge in [-0.2, -0.15) is 0 Å². The van der Waals surface area contributed by atoms with E-state index in [1.165, 1.54) is 27.5 Å². The van der Waals surface area contributed by atoms with E-state index in [4.69, 9.17) is 14.9 Å². The van der Waals surface area contributed by atoms with Crippen molar-refractivity contribution in [1.82, 2.24) is 4.90 Å². The van der Waals surface area contributed by atoms with Crippen molar-refractivity contribution in [3.8, 4) is 0 Å². The van der Waals surface area contributed by atoms with E-state index in [0.717, 1.165) is 24.8 Å². The predicted octanol–water partition coefficient (Wildman–Crippen LogP) is 4.03. The molecule has 0 spiro atoms. The molecule has 5 heteroatoms. The number of benzene rings is 3. The van der Waals surface area contributed by atoms with Gasteiger partial charge in [-0.1, -0.05) is 60.7 Å². The predicted molar refractivity (Wildman–Crippen MR) is 130 cm³/mol. The molecule has 0 bridgehead atoms. The fourth-order valence-electron chi connectivity index (χ4n) is 4.92. The van der Waals surface area contributed by atoms with Crippen LogP contribution in [0.15, 0.2) is 60.7 Å². The minimum Gasteiger partial charge on any atom is -0.461 e. The zero-order valence-corrected chi connectivity index (χ0v) is 19.1. The third-order valence-electron chi connectivity index (χ3n) is 6.61. The van der Waals surface area contributed by atoms with Crippen molar-refractivity contribution in [2.75, 3.05) is 32.8 Å². The van der Waals surface area contributed by atoms with Crippen molar-refractivity contribution in [2.24, 2.45) is 0 Å². The molecule has 174 valence electrons.